The van der Waals surface area contributed by atoms with Crippen molar-refractivity contribution >= 4 is 17.1 Å². The van der Waals surface area contributed by atoms with Crippen molar-refractivity contribution in [1.29, 1.82) is 0 Å². The minimum absolute atomic E-state index is 0.208. The van der Waals surface area contributed by atoms with Gasteiger partial charge in [0.2, 0.25) is 0 Å². The summed E-state index contributed by atoms with van der Waals surface area (Å²) in [6.07, 6.45) is 11.9. The molecule has 7 heteroatoms. The van der Waals surface area contributed by atoms with Gasteiger partial charge < -0.3 is 5.32 Å². The fraction of sp³-hybridized carbons (Fsp3) is 0.333. The highest BCUT2D eigenvalue weighted by atomic mass is 16.1. The third-order valence-electron chi connectivity index (χ3n) is 3.48. The number of carbonyl (C=O) groups excluding carboxylic acids is 1. The van der Waals surface area contributed by atoms with Crippen LogP contribution in [-0.2, 0) is 0 Å². The molecule has 3 rings (SSSR count). The molecule has 0 saturated heterocycles. The quantitative estimate of drug-likeness (QED) is 0.821. The van der Waals surface area contributed by atoms with Gasteiger partial charge in [0.05, 0.1) is 5.56 Å². The Morgan fingerprint density at radius 1 is 1.18 bits per heavy atom. The topological polar surface area (TPSA) is 92.5 Å². The number of aromatic nitrogens is 3. The molecule has 0 aliphatic carbocycles. The fourth-order valence-corrected chi connectivity index (χ4v) is 2.20. The van der Waals surface area contributed by atoms with Crippen molar-refractivity contribution in [2.24, 2.45) is 10.2 Å². The van der Waals surface area contributed by atoms with Crippen LogP contribution in [-0.4, -0.2) is 33.1 Å². The molecule has 7 nitrogen and oxygen atoms in total. The Bertz CT molecular complexity index is 768. The first kappa shape index (κ1) is 14.1. The second-order valence-corrected chi connectivity index (χ2v) is 4.98. The lowest BCUT2D eigenvalue weighted by atomic mass is 10.0. The molecule has 0 saturated carbocycles. The summed E-state index contributed by atoms with van der Waals surface area (Å²) in [6.45, 7) is 0.473. The zero-order valence-electron chi connectivity index (χ0n) is 11.9. The predicted molar refractivity (Wildman–Crippen MR) is 79.9 cm³/mol. The third-order valence-corrected chi connectivity index (χ3v) is 3.48. The van der Waals surface area contributed by atoms with E-state index in [4.69, 9.17) is 6.42 Å². The van der Waals surface area contributed by atoms with E-state index in [0.717, 1.165) is 6.42 Å². The maximum atomic E-state index is 12.3. The maximum absolute atomic E-state index is 12.3. The van der Waals surface area contributed by atoms with Gasteiger partial charge in [0.1, 0.15) is 5.52 Å². The Labute approximate surface area is 127 Å². The molecule has 0 spiro atoms. The molecule has 2 aromatic heterocycles. The second-order valence-electron chi connectivity index (χ2n) is 4.98. The van der Waals surface area contributed by atoms with E-state index in [1.54, 1.807) is 18.5 Å². The summed E-state index contributed by atoms with van der Waals surface area (Å²) in [5.41, 5.74) is 1.01. The molecular weight excluding hydrogens is 280 g/mol. The van der Waals surface area contributed by atoms with Crippen LogP contribution in [0.4, 0.5) is 0 Å². The molecule has 0 atom stereocenters. The van der Waals surface area contributed by atoms with Crippen LogP contribution in [0.2, 0.25) is 0 Å². The van der Waals surface area contributed by atoms with Gasteiger partial charge in [-0.05, 0) is 6.07 Å². The van der Waals surface area contributed by atoms with E-state index in [1.165, 1.54) is 6.20 Å². The average molecular weight is 294 g/mol. The summed E-state index contributed by atoms with van der Waals surface area (Å²) >= 11 is 0. The van der Waals surface area contributed by atoms with Crippen LogP contribution in [0.5, 0.6) is 0 Å². The minimum atomic E-state index is -0.389. The molecule has 0 aromatic carbocycles. The fourth-order valence-electron chi connectivity index (χ4n) is 2.20. The van der Waals surface area contributed by atoms with Crippen molar-refractivity contribution < 1.29 is 4.79 Å². The summed E-state index contributed by atoms with van der Waals surface area (Å²) in [6, 6.07) is 1.63. The van der Waals surface area contributed by atoms with Crippen molar-refractivity contribution in [3.8, 4) is 12.3 Å². The van der Waals surface area contributed by atoms with Crippen LogP contribution in [0.25, 0.3) is 11.2 Å². The van der Waals surface area contributed by atoms with Gasteiger partial charge in [-0.25, -0.2) is 9.97 Å². The van der Waals surface area contributed by atoms with E-state index in [0.29, 0.717) is 36.1 Å². The Morgan fingerprint density at radius 3 is 2.73 bits per heavy atom. The van der Waals surface area contributed by atoms with Gasteiger partial charge in [0.15, 0.2) is 11.3 Å². The zero-order valence-corrected chi connectivity index (χ0v) is 11.9. The van der Waals surface area contributed by atoms with Gasteiger partial charge in [0, 0.05) is 44.4 Å². The molecule has 1 N–H and O–H groups in total. The highest BCUT2D eigenvalue weighted by Crippen LogP contribution is 2.36. The largest absolute Gasteiger partial charge is 0.352 e. The lowest BCUT2D eigenvalue weighted by Crippen LogP contribution is -2.28. The normalized spacial score (nSPS) is 14.5. The van der Waals surface area contributed by atoms with Crippen LogP contribution >= 0.6 is 0 Å². The Morgan fingerprint density at radius 2 is 1.95 bits per heavy atom. The summed E-state index contributed by atoms with van der Waals surface area (Å²) < 4.78 is 0. The van der Waals surface area contributed by atoms with Crippen molar-refractivity contribution in [3.63, 3.8) is 0 Å². The van der Waals surface area contributed by atoms with E-state index in [2.05, 4.69) is 36.4 Å². The molecule has 3 heterocycles. The smallest absolute Gasteiger partial charge is 0.253 e. The van der Waals surface area contributed by atoms with Gasteiger partial charge in [-0.1, -0.05) is 0 Å². The Hall–Kier alpha value is -2.88. The molecule has 22 heavy (non-hydrogen) atoms. The Balaban J connectivity index is 1.61. The van der Waals surface area contributed by atoms with Gasteiger partial charge in [-0.2, -0.15) is 10.2 Å². The van der Waals surface area contributed by atoms with Crippen LogP contribution < -0.4 is 5.32 Å². The second kappa shape index (κ2) is 5.85. The SMILES string of the molecule is C#CCCC1(CCNC(=O)c2ccnc3nccnc23)N=N1. The molecule has 0 radical (unpaired) electrons. The number of terminal acetylenes is 1. The molecule has 1 aliphatic rings. The lowest BCUT2D eigenvalue weighted by Gasteiger charge is -2.10. The summed E-state index contributed by atoms with van der Waals surface area (Å²) in [5, 5.41) is 10.9. The predicted octanol–water partition coefficient (Wildman–Crippen LogP) is 1.72. The first-order valence-corrected chi connectivity index (χ1v) is 6.95. The van der Waals surface area contributed by atoms with E-state index in [9.17, 15) is 4.79 Å². The van der Waals surface area contributed by atoms with Crippen molar-refractivity contribution in [2.75, 3.05) is 6.54 Å². The van der Waals surface area contributed by atoms with Gasteiger partial charge in [-0.3, -0.25) is 9.78 Å². The third kappa shape index (κ3) is 2.91. The number of fused-ring (bicyclic) bond motifs is 1. The summed E-state index contributed by atoms with van der Waals surface area (Å²) in [5.74, 6) is 2.37. The minimum Gasteiger partial charge on any atom is -0.352 e. The summed E-state index contributed by atoms with van der Waals surface area (Å²) in [4.78, 5) is 24.6. The number of nitrogens with one attached hydrogen (secondary N) is 1. The number of hydrogen-bond acceptors (Lipinski definition) is 6. The highest BCUT2D eigenvalue weighted by molar-refractivity contribution is 6.03. The van der Waals surface area contributed by atoms with Crippen LogP contribution in [0, 0.1) is 12.3 Å². The molecule has 2 aromatic rings. The van der Waals surface area contributed by atoms with Gasteiger partial charge in [0.25, 0.3) is 5.91 Å². The number of pyridine rings is 1. The highest BCUT2D eigenvalue weighted by Gasteiger charge is 2.38. The van der Waals surface area contributed by atoms with Crippen LogP contribution in [0.3, 0.4) is 0 Å². The molecule has 1 amide bonds. The monoisotopic (exact) mass is 294 g/mol. The first-order chi connectivity index (χ1) is 10.7. The van der Waals surface area contributed by atoms with Gasteiger partial charge in [-0.15, -0.1) is 12.3 Å². The number of carbonyl (C=O) groups is 1. The van der Waals surface area contributed by atoms with E-state index >= 15 is 0 Å². The van der Waals surface area contributed by atoms with Crippen molar-refractivity contribution in [2.45, 2.75) is 24.9 Å². The lowest BCUT2D eigenvalue weighted by molar-refractivity contribution is 0.0953. The molecule has 0 bridgehead atoms. The number of hydrogen-bond donors (Lipinski definition) is 1. The number of rotatable bonds is 6. The van der Waals surface area contributed by atoms with E-state index < -0.39 is 0 Å². The van der Waals surface area contributed by atoms with Crippen LogP contribution in [0.15, 0.2) is 34.9 Å². The Kier molecular flexibility index (Phi) is 3.74. The number of nitrogens with zero attached hydrogens (tertiary/aromatic N) is 5. The molecular formula is C15H14N6O. The molecule has 0 fully saturated rings. The maximum Gasteiger partial charge on any atom is 0.253 e. The molecule has 0 unspecified atom stereocenters. The van der Waals surface area contributed by atoms with Gasteiger partial charge >= 0.3 is 0 Å². The van der Waals surface area contributed by atoms with Crippen molar-refractivity contribution in [1.82, 2.24) is 20.3 Å². The zero-order chi connectivity index (χ0) is 15.4. The number of amides is 1. The average Bonchev–Trinajstić information content (AvgIpc) is 3.32. The van der Waals surface area contributed by atoms with Crippen molar-refractivity contribution in [3.05, 3.63) is 30.2 Å². The van der Waals surface area contributed by atoms with E-state index in [1.807, 2.05) is 0 Å². The summed E-state index contributed by atoms with van der Waals surface area (Å²) in [7, 11) is 0. The standard InChI is InChI=1S/C15H14N6O/c1-2-3-5-15(20-21-15)6-8-19-14(22)11-4-7-17-13-12(11)16-9-10-18-13/h1,4,7,9-10H,3,5-6,8H2,(H,19,22). The molecule has 1 aliphatic heterocycles. The molecule has 110 valence electrons. The first-order valence-electron chi connectivity index (χ1n) is 6.95. The van der Waals surface area contributed by atoms with E-state index in [-0.39, 0.29) is 11.6 Å². The van der Waals surface area contributed by atoms with Crippen LogP contribution in [0.1, 0.15) is 29.6 Å².